The molecule has 0 aliphatic carbocycles. The summed E-state index contributed by atoms with van der Waals surface area (Å²) in [6.07, 6.45) is 1.75. The summed E-state index contributed by atoms with van der Waals surface area (Å²) >= 11 is 6.17. The Kier molecular flexibility index (Phi) is 6.14. The molecule has 1 aliphatic rings. The number of carbonyl (C=O) groups is 1. The third-order valence-electron chi connectivity index (χ3n) is 5.28. The lowest BCUT2D eigenvalue weighted by Gasteiger charge is -2.32. The number of hydrogen-bond donors (Lipinski definition) is 1. The molecule has 0 bridgehead atoms. The first-order valence-corrected chi connectivity index (χ1v) is 10.3. The van der Waals surface area contributed by atoms with Crippen molar-refractivity contribution < 1.29 is 9.53 Å². The zero-order chi connectivity index (χ0) is 20.9. The zero-order valence-electron chi connectivity index (χ0n) is 16.7. The number of nitrogens with one attached hydrogen (secondary N) is 1. The predicted molar refractivity (Wildman–Crippen MR) is 119 cm³/mol. The van der Waals surface area contributed by atoms with Crippen molar-refractivity contribution in [3.8, 4) is 17.0 Å². The fraction of sp³-hybridized carbons (Fsp3) is 0.261. The van der Waals surface area contributed by atoms with E-state index >= 15 is 0 Å². The van der Waals surface area contributed by atoms with E-state index in [9.17, 15) is 4.79 Å². The van der Waals surface area contributed by atoms with Crippen LogP contribution in [0.25, 0.3) is 11.3 Å². The predicted octanol–water partition coefficient (Wildman–Crippen LogP) is 4.66. The van der Waals surface area contributed by atoms with E-state index < -0.39 is 0 Å². The van der Waals surface area contributed by atoms with E-state index in [4.69, 9.17) is 16.3 Å². The van der Waals surface area contributed by atoms with E-state index in [-0.39, 0.29) is 11.8 Å². The lowest BCUT2D eigenvalue weighted by Crippen LogP contribution is -2.41. The molecule has 1 saturated heterocycles. The number of benzene rings is 2. The van der Waals surface area contributed by atoms with Crippen LogP contribution in [0.3, 0.4) is 0 Å². The van der Waals surface area contributed by atoms with Crippen molar-refractivity contribution in [2.75, 3.05) is 30.4 Å². The Morgan fingerprint density at radius 1 is 1.10 bits per heavy atom. The molecular weight excluding hydrogens is 400 g/mol. The highest BCUT2D eigenvalue weighted by Crippen LogP contribution is 2.29. The number of carbonyl (C=O) groups excluding carboxylic acids is 1. The maximum absolute atomic E-state index is 12.8. The van der Waals surface area contributed by atoms with Gasteiger partial charge in [-0.25, -0.2) is 0 Å². The van der Waals surface area contributed by atoms with Crippen molar-refractivity contribution in [3.63, 3.8) is 0 Å². The van der Waals surface area contributed by atoms with Crippen LogP contribution in [0.4, 0.5) is 11.5 Å². The van der Waals surface area contributed by atoms with Crippen LogP contribution in [0.15, 0.2) is 60.7 Å². The third-order valence-corrected chi connectivity index (χ3v) is 5.61. The molecule has 1 fully saturated rings. The molecule has 2 aromatic carbocycles. The normalized spacial score (nSPS) is 16.2. The van der Waals surface area contributed by atoms with Gasteiger partial charge < -0.3 is 15.0 Å². The monoisotopic (exact) mass is 422 g/mol. The fourth-order valence-electron chi connectivity index (χ4n) is 3.69. The number of nitrogens with zero attached hydrogens (tertiary/aromatic N) is 3. The van der Waals surface area contributed by atoms with Gasteiger partial charge in [0, 0.05) is 18.7 Å². The molecule has 2 heterocycles. The minimum atomic E-state index is -0.134. The number of rotatable bonds is 5. The molecule has 1 unspecified atom stereocenters. The number of para-hydroxylation sites is 2. The van der Waals surface area contributed by atoms with Gasteiger partial charge in [-0.15, -0.1) is 10.2 Å². The Hall–Kier alpha value is -3.12. The highest BCUT2D eigenvalue weighted by molar-refractivity contribution is 6.33. The molecule has 7 heteroatoms. The van der Waals surface area contributed by atoms with Crippen LogP contribution in [0.1, 0.15) is 12.8 Å². The van der Waals surface area contributed by atoms with E-state index in [1.165, 1.54) is 0 Å². The van der Waals surface area contributed by atoms with Crippen LogP contribution >= 0.6 is 11.6 Å². The van der Waals surface area contributed by atoms with Gasteiger partial charge in [0.05, 0.1) is 29.4 Å². The first kappa shape index (κ1) is 20.2. The highest BCUT2D eigenvalue weighted by Gasteiger charge is 2.27. The molecular formula is C23H23ClN4O2. The number of amides is 1. The number of halogens is 1. The van der Waals surface area contributed by atoms with Crippen LogP contribution in [-0.4, -0.2) is 36.3 Å². The largest absolute Gasteiger partial charge is 0.496 e. The molecule has 1 aromatic heterocycles. The maximum atomic E-state index is 12.8. The zero-order valence-corrected chi connectivity index (χ0v) is 17.5. The minimum absolute atomic E-state index is 0.0219. The summed E-state index contributed by atoms with van der Waals surface area (Å²) in [4.78, 5) is 14.9. The smallest absolute Gasteiger partial charge is 0.229 e. The minimum Gasteiger partial charge on any atom is -0.496 e. The van der Waals surface area contributed by atoms with Crippen LogP contribution < -0.4 is 15.0 Å². The lowest BCUT2D eigenvalue weighted by molar-refractivity contribution is -0.120. The van der Waals surface area contributed by atoms with Crippen LogP contribution in [0.2, 0.25) is 5.02 Å². The Morgan fingerprint density at radius 2 is 1.90 bits per heavy atom. The number of ether oxygens (including phenoxy) is 1. The molecule has 0 saturated carbocycles. The van der Waals surface area contributed by atoms with Gasteiger partial charge in [0.25, 0.3) is 0 Å². The Morgan fingerprint density at radius 3 is 2.67 bits per heavy atom. The average molecular weight is 423 g/mol. The second-order valence-corrected chi connectivity index (χ2v) is 7.64. The number of methoxy groups -OCH3 is 1. The van der Waals surface area contributed by atoms with Gasteiger partial charge in [-0.1, -0.05) is 35.9 Å². The van der Waals surface area contributed by atoms with Crippen LogP contribution in [0.5, 0.6) is 5.75 Å². The van der Waals surface area contributed by atoms with Crippen molar-refractivity contribution in [2.24, 2.45) is 5.92 Å². The second kappa shape index (κ2) is 9.13. The topological polar surface area (TPSA) is 67.3 Å². The summed E-state index contributed by atoms with van der Waals surface area (Å²) < 4.78 is 5.41. The van der Waals surface area contributed by atoms with Gasteiger partial charge in [-0.3, -0.25) is 4.79 Å². The molecule has 1 N–H and O–H groups in total. The lowest BCUT2D eigenvalue weighted by atomic mass is 9.97. The van der Waals surface area contributed by atoms with E-state index in [0.717, 1.165) is 42.2 Å². The van der Waals surface area contributed by atoms with Gasteiger partial charge in [-0.05, 0) is 49.2 Å². The Labute approximate surface area is 180 Å². The number of aromatic nitrogens is 2. The summed E-state index contributed by atoms with van der Waals surface area (Å²) in [7, 11) is 1.64. The maximum Gasteiger partial charge on any atom is 0.229 e. The van der Waals surface area contributed by atoms with E-state index in [2.05, 4.69) is 20.4 Å². The van der Waals surface area contributed by atoms with Crippen molar-refractivity contribution in [1.29, 1.82) is 0 Å². The SMILES string of the molecule is COc1ccccc1-c1ccc(N2CCCC(C(=O)Nc3ccccc3Cl)C2)nn1. The Balaban J connectivity index is 1.45. The standard InChI is InChI=1S/C23H23ClN4O2/c1-30-21-11-5-2-8-17(21)19-12-13-22(27-26-19)28-14-6-7-16(15-28)23(29)25-20-10-4-3-9-18(20)24/h2-5,8-13,16H,6-7,14-15H2,1H3,(H,25,29). The molecule has 6 nitrogen and oxygen atoms in total. The number of piperidine rings is 1. The summed E-state index contributed by atoms with van der Waals surface area (Å²) in [6.45, 7) is 1.44. The van der Waals surface area contributed by atoms with Gasteiger partial charge in [0.15, 0.2) is 5.82 Å². The number of hydrogen-bond acceptors (Lipinski definition) is 5. The summed E-state index contributed by atoms with van der Waals surface area (Å²) in [5.74, 6) is 1.37. The van der Waals surface area contributed by atoms with Gasteiger partial charge >= 0.3 is 0 Å². The number of anilines is 2. The quantitative estimate of drug-likeness (QED) is 0.647. The average Bonchev–Trinajstić information content (AvgIpc) is 2.80. The van der Waals surface area contributed by atoms with Crippen molar-refractivity contribution in [3.05, 3.63) is 65.7 Å². The van der Waals surface area contributed by atoms with Crippen molar-refractivity contribution >= 4 is 29.0 Å². The molecule has 4 rings (SSSR count). The molecule has 30 heavy (non-hydrogen) atoms. The van der Waals surface area contributed by atoms with Crippen molar-refractivity contribution in [2.45, 2.75) is 12.8 Å². The molecule has 0 spiro atoms. The van der Waals surface area contributed by atoms with Crippen LogP contribution in [0, 0.1) is 5.92 Å². The van der Waals surface area contributed by atoms with Gasteiger partial charge in [0.2, 0.25) is 5.91 Å². The summed E-state index contributed by atoms with van der Waals surface area (Å²) in [5.41, 5.74) is 2.29. The van der Waals surface area contributed by atoms with Crippen molar-refractivity contribution in [1.82, 2.24) is 10.2 Å². The first-order chi connectivity index (χ1) is 14.7. The first-order valence-electron chi connectivity index (χ1n) is 9.93. The highest BCUT2D eigenvalue weighted by atomic mass is 35.5. The summed E-state index contributed by atoms with van der Waals surface area (Å²) in [5, 5.41) is 12.3. The van der Waals surface area contributed by atoms with E-state index in [1.807, 2.05) is 54.6 Å². The molecule has 3 aromatic rings. The van der Waals surface area contributed by atoms with E-state index in [1.54, 1.807) is 13.2 Å². The molecule has 1 atom stereocenters. The van der Waals surface area contributed by atoms with Gasteiger partial charge in [-0.2, -0.15) is 0 Å². The second-order valence-electron chi connectivity index (χ2n) is 7.23. The molecule has 1 aliphatic heterocycles. The molecule has 154 valence electrons. The van der Waals surface area contributed by atoms with E-state index in [0.29, 0.717) is 17.3 Å². The fourth-order valence-corrected chi connectivity index (χ4v) is 3.87. The Bertz CT molecular complexity index is 1030. The summed E-state index contributed by atoms with van der Waals surface area (Å²) in [6, 6.07) is 18.9. The third kappa shape index (κ3) is 4.39. The molecule has 0 radical (unpaired) electrons. The van der Waals surface area contributed by atoms with Gasteiger partial charge in [0.1, 0.15) is 5.75 Å². The molecule has 1 amide bonds. The van der Waals surface area contributed by atoms with Crippen LogP contribution in [-0.2, 0) is 4.79 Å².